The summed E-state index contributed by atoms with van der Waals surface area (Å²) in [5.41, 5.74) is -5.84. The monoisotopic (exact) mass is 374 g/mol. The molecule has 3 nitrogen and oxygen atoms in total. The van der Waals surface area contributed by atoms with E-state index in [1.54, 1.807) is 6.07 Å². The molecule has 1 atom stereocenters. The Hall–Kier alpha value is -2.47. The third-order valence-corrected chi connectivity index (χ3v) is 4.64. The Bertz CT molecular complexity index is 921. The molecule has 1 aromatic carbocycles. The minimum Gasteiger partial charge on any atom is -0.379 e. The van der Waals surface area contributed by atoms with Gasteiger partial charge in [0.1, 0.15) is 11.9 Å². The lowest BCUT2D eigenvalue weighted by atomic mass is 9.78. The zero-order valence-corrected chi connectivity index (χ0v) is 13.3. The molecule has 0 saturated heterocycles. The molecule has 0 bridgehead atoms. The molecule has 0 fully saturated rings. The molecule has 0 saturated carbocycles. The SMILES string of the molecule is CC1(O)c2c(C(F)(F)F)cn(-c3ccc(F)c(C#N)c3)c2CCC1(F)F. The second-order valence-electron chi connectivity index (χ2n) is 6.28. The van der Waals surface area contributed by atoms with Crippen LogP contribution in [-0.2, 0) is 18.2 Å². The number of halogens is 6. The highest BCUT2D eigenvalue weighted by atomic mass is 19.4. The summed E-state index contributed by atoms with van der Waals surface area (Å²) in [6.07, 6.45) is -5.66. The highest BCUT2D eigenvalue weighted by Crippen LogP contribution is 2.51. The van der Waals surface area contributed by atoms with E-state index in [4.69, 9.17) is 5.26 Å². The van der Waals surface area contributed by atoms with Crippen molar-refractivity contribution in [3.8, 4) is 11.8 Å². The molecular weight excluding hydrogens is 362 g/mol. The fraction of sp³-hybridized carbons (Fsp3) is 0.353. The number of nitrogens with zero attached hydrogens (tertiary/aromatic N) is 2. The third-order valence-electron chi connectivity index (χ3n) is 4.64. The Balaban J connectivity index is 2.32. The number of alkyl halides is 5. The normalized spacial score (nSPS) is 22.0. The Morgan fingerprint density at radius 1 is 1.27 bits per heavy atom. The Kier molecular flexibility index (Phi) is 3.88. The number of fused-ring (bicyclic) bond motifs is 1. The molecule has 2 aromatic rings. The first-order valence-corrected chi connectivity index (χ1v) is 7.52. The molecule has 1 N–H and O–H groups in total. The van der Waals surface area contributed by atoms with Crippen molar-refractivity contribution in [2.75, 3.05) is 0 Å². The van der Waals surface area contributed by atoms with Gasteiger partial charge in [-0.1, -0.05) is 0 Å². The average Bonchev–Trinajstić information content (AvgIpc) is 2.93. The summed E-state index contributed by atoms with van der Waals surface area (Å²) < 4.78 is 82.9. The summed E-state index contributed by atoms with van der Waals surface area (Å²) in [5, 5.41) is 19.1. The summed E-state index contributed by atoms with van der Waals surface area (Å²) in [7, 11) is 0. The zero-order valence-electron chi connectivity index (χ0n) is 13.3. The zero-order chi connectivity index (χ0) is 19.5. The standard InChI is InChI=1S/C17H12F6N2O/c1-15(26)14-11(17(21,22)23)8-25(13(14)4-5-16(15,19)20)10-2-3-12(18)9(6-10)7-24/h2-3,6,8,26H,4-5H2,1H3. The molecule has 3 rings (SSSR count). The predicted molar refractivity (Wildman–Crippen MR) is 78.3 cm³/mol. The molecule has 0 amide bonds. The first-order valence-electron chi connectivity index (χ1n) is 7.52. The summed E-state index contributed by atoms with van der Waals surface area (Å²) in [4.78, 5) is 0. The molecule has 9 heteroatoms. The van der Waals surface area contributed by atoms with E-state index in [1.165, 1.54) is 0 Å². The number of nitriles is 1. The number of benzene rings is 1. The molecule has 138 valence electrons. The van der Waals surface area contributed by atoms with Gasteiger partial charge in [0.2, 0.25) is 0 Å². The molecule has 1 aromatic heterocycles. The lowest BCUT2D eigenvalue weighted by molar-refractivity contribution is -0.193. The molecular formula is C17H12F6N2O. The van der Waals surface area contributed by atoms with E-state index >= 15 is 0 Å². The van der Waals surface area contributed by atoms with Crippen LogP contribution in [0, 0.1) is 17.1 Å². The molecule has 0 radical (unpaired) electrons. The van der Waals surface area contributed by atoms with Gasteiger partial charge in [-0.3, -0.25) is 0 Å². The van der Waals surface area contributed by atoms with Crippen molar-refractivity contribution in [3.05, 3.63) is 52.6 Å². The van der Waals surface area contributed by atoms with Crippen molar-refractivity contribution < 1.29 is 31.4 Å². The van der Waals surface area contributed by atoms with Crippen molar-refractivity contribution >= 4 is 0 Å². The fourth-order valence-electron chi connectivity index (χ4n) is 3.23. The number of hydrogen-bond acceptors (Lipinski definition) is 2. The number of aliphatic hydroxyl groups is 1. The van der Waals surface area contributed by atoms with E-state index in [2.05, 4.69) is 0 Å². The van der Waals surface area contributed by atoms with Crippen LogP contribution in [0.4, 0.5) is 26.3 Å². The Morgan fingerprint density at radius 2 is 1.92 bits per heavy atom. The van der Waals surface area contributed by atoms with Crippen LogP contribution in [0.1, 0.15) is 35.7 Å². The van der Waals surface area contributed by atoms with Crippen LogP contribution in [-0.4, -0.2) is 15.6 Å². The molecule has 26 heavy (non-hydrogen) atoms. The average molecular weight is 374 g/mol. The Morgan fingerprint density at radius 3 is 2.50 bits per heavy atom. The van der Waals surface area contributed by atoms with Crippen molar-refractivity contribution in [1.29, 1.82) is 5.26 Å². The maximum absolute atomic E-state index is 14.1. The number of rotatable bonds is 1. The predicted octanol–water partition coefficient (Wildman–Crippen LogP) is 4.30. The van der Waals surface area contributed by atoms with E-state index < -0.39 is 53.0 Å². The summed E-state index contributed by atoms with van der Waals surface area (Å²) in [6.45, 7) is 0.649. The van der Waals surface area contributed by atoms with Crippen LogP contribution in [0.2, 0.25) is 0 Å². The molecule has 1 unspecified atom stereocenters. The summed E-state index contributed by atoms with van der Waals surface area (Å²) in [6, 6.07) is 4.64. The van der Waals surface area contributed by atoms with Crippen LogP contribution >= 0.6 is 0 Å². The highest BCUT2D eigenvalue weighted by Gasteiger charge is 2.58. The van der Waals surface area contributed by atoms with Gasteiger partial charge < -0.3 is 9.67 Å². The molecule has 0 spiro atoms. The maximum atomic E-state index is 14.1. The quantitative estimate of drug-likeness (QED) is 0.757. The van der Waals surface area contributed by atoms with Gasteiger partial charge in [0.05, 0.1) is 11.1 Å². The van der Waals surface area contributed by atoms with Gasteiger partial charge in [-0.2, -0.15) is 18.4 Å². The van der Waals surface area contributed by atoms with Crippen molar-refractivity contribution in [3.63, 3.8) is 0 Å². The van der Waals surface area contributed by atoms with Crippen molar-refractivity contribution in [2.45, 2.75) is 37.5 Å². The van der Waals surface area contributed by atoms with E-state index in [-0.39, 0.29) is 11.4 Å². The lowest BCUT2D eigenvalue weighted by Gasteiger charge is -2.38. The minimum absolute atomic E-state index is 0.00992. The first-order chi connectivity index (χ1) is 11.9. The van der Waals surface area contributed by atoms with Crippen molar-refractivity contribution in [1.82, 2.24) is 4.57 Å². The Labute approximate surface area is 144 Å². The molecule has 1 aliphatic rings. The molecule has 0 aliphatic heterocycles. The molecule has 1 heterocycles. The van der Waals surface area contributed by atoms with E-state index in [1.807, 2.05) is 0 Å². The van der Waals surface area contributed by atoms with Crippen LogP contribution in [0.25, 0.3) is 5.69 Å². The van der Waals surface area contributed by atoms with Gasteiger partial charge in [-0.25, -0.2) is 13.2 Å². The van der Waals surface area contributed by atoms with Gasteiger partial charge in [-0.05, 0) is 31.5 Å². The van der Waals surface area contributed by atoms with Crippen LogP contribution < -0.4 is 0 Å². The third kappa shape index (κ3) is 2.56. The van der Waals surface area contributed by atoms with Gasteiger partial charge in [0, 0.05) is 29.6 Å². The highest BCUT2D eigenvalue weighted by molar-refractivity contribution is 5.50. The van der Waals surface area contributed by atoms with E-state index in [0.717, 1.165) is 22.8 Å². The second kappa shape index (κ2) is 5.51. The van der Waals surface area contributed by atoms with Gasteiger partial charge in [0.25, 0.3) is 5.92 Å². The maximum Gasteiger partial charge on any atom is 0.418 e. The van der Waals surface area contributed by atoms with Gasteiger partial charge in [-0.15, -0.1) is 0 Å². The minimum atomic E-state index is -4.98. The van der Waals surface area contributed by atoms with Gasteiger partial charge >= 0.3 is 6.18 Å². The second-order valence-corrected chi connectivity index (χ2v) is 6.28. The lowest BCUT2D eigenvalue weighted by Crippen LogP contribution is -2.47. The van der Waals surface area contributed by atoms with Crippen LogP contribution in [0.3, 0.4) is 0 Å². The number of aromatic nitrogens is 1. The fourth-order valence-corrected chi connectivity index (χ4v) is 3.23. The summed E-state index contributed by atoms with van der Waals surface area (Å²) in [5.74, 6) is -4.60. The summed E-state index contributed by atoms with van der Waals surface area (Å²) >= 11 is 0. The van der Waals surface area contributed by atoms with Crippen molar-refractivity contribution in [2.24, 2.45) is 0 Å². The first kappa shape index (κ1) is 18.3. The van der Waals surface area contributed by atoms with E-state index in [0.29, 0.717) is 13.1 Å². The topological polar surface area (TPSA) is 49.0 Å². The molecule has 1 aliphatic carbocycles. The number of hydrogen-bond donors (Lipinski definition) is 1. The van der Waals surface area contributed by atoms with E-state index in [9.17, 15) is 31.4 Å². The van der Waals surface area contributed by atoms with Gasteiger partial charge in [0.15, 0.2) is 5.60 Å². The largest absolute Gasteiger partial charge is 0.418 e. The van der Waals surface area contributed by atoms with Crippen LogP contribution in [0.15, 0.2) is 24.4 Å². The van der Waals surface area contributed by atoms with Crippen LogP contribution in [0.5, 0.6) is 0 Å². The smallest absolute Gasteiger partial charge is 0.379 e.